The van der Waals surface area contributed by atoms with Gasteiger partial charge in [0.1, 0.15) is 17.1 Å². The highest BCUT2D eigenvalue weighted by atomic mass is 19.3. The van der Waals surface area contributed by atoms with Crippen molar-refractivity contribution < 1.29 is 23.0 Å². The smallest absolute Gasteiger partial charge is 0.280 e. The molecule has 2 fully saturated rings. The molecule has 0 aromatic carbocycles. The summed E-state index contributed by atoms with van der Waals surface area (Å²) in [5, 5.41) is 2.63. The lowest BCUT2D eigenvalue weighted by atomic mass is 10.2. The summed E-state index contributed by atoms with van der Waals surface area (Å²) in [5.41, 5.74) is 0.642. The number of fused-ring (bicyclic) bond motifs is 2. The van der Waals surface area contributed by atoms with Crippen LogP contribution in [0.1, 0.15) is 34.2 Å². The highest BCUT2D eigenvalue weighted by Crippen LogP contribution is 2.57. The third-order valence-electron chi connectivity index (χ3n) is 5.39. The molecule has 1 saturated heterocycles. The number of methoxy groups -OCH3 is 1. The summed E-state index contributed by atoms with van der Waals surface area (Å²) in [4.78, 5) is 25.1. The van der Waals surface area contributed by atoms with Crippen molar-refractivity contribution in [1.82, 2.24) is 19.4 Å². The number of ether oxygens (including phenoxy) is 2. The lowest BCUT2D eigenvalue weighted by Gasteiger charge is -2.10. The number of rotatable bonds is 5. The molecule has 3 aromatic heterocycles. The largest absolute Gasteiger partial charge is 0.479 e. The molecule has 5 rings (SSSR count). The van der Waals surface area contributed by atoms with E-state index in [0.717, 1.165) is 18.9 Å². The summed E-state index contributed by atoms with van der Waals surface area (Å²) in [5.74, 6) is 1.38. The number of nitrogens with one attached hydrogen (secondary N) is 1. The molecule has 2 aliphatic rings. The standard InChI is InChI=1S/C19H17F2N5O3/c1-28-18-14(23-17(27)12-4-2-3-11(22-12)16(20)21)6-26-5-13(24-19(26)25-18)15-9-7-29-8-10(9)15/h2-6,9-10,15-16H,7-8H2,1H3,(H,23,27). The number of alkyl halides is 2. The van der Waals surface area contributed by atoms with Gasteiger partial charge in [0.15, 0.2) is 0 Å². The molecule has 2 unspecified atom stereocenters. The summed E-state index contributed by atoms with van der Waals surface area (Å²) < 4.78 is 38.1. The summed E-state index contributed by atoms with van der Waals surface area (Å²) in [7, 11) is 1.43. The molecule has 3 aromatic rings. The Bertz CT molecular complexity index is 1090. The van der Waals surface area contributed by atoms with E-state index in [2.05, 4.69) is 20.3 Å². The second-order valence-electron chi connectivity index (χ2n) is 7.13. The van der Waals surface area contributed by atoms with Crippen molar-refractivity contribution in [2.24, 2.45) is 11.8 Å². The van der Waals surface area contributed by atoms with Gasteiger partial charge in [-0.2, -0.15) is 4.98 Å². The topological polar surface area (TPSA) is 90.6 Å². The fourth-order valence-corrected chi connectivity index (χ4v) is 3.89. The second kappa shape index (κ2) is 6.73. The highest BCUT2D eigenvalue weighted by molar-refractivity contribution is 6.03. The molecule has 10 heteroatoms. The van der Waals surface area contributed by atoms with Crippen LogP contribution < -0.4 is 10.1 Å². The van der Waals surface area contributed by atoms with Crippen molar-refractivity contribution in [2.75, 3.05) is 25.6 Å². The molecule has 1 aliphatic carbocycles. The average molecular weight is 401 g/mol. The van der Waals surface area contributed by atoms with E-state index in [9.17, 15) is 13.6 Å². The Kier molecular flexibility index (Phi) is 4.16. The fourth-order valence-electron chi connectivity index (χ4n) is 3.89. The number of imidazole rings is 1. The molecule has 0 radical (unpaired) electrons. The maximum Gasteiger partial charge on any atom is 0.280 e. The lowest BCUT2D eigenvalue weighted by Crippen LogP contribution is -2.16. The molecule has 1 amide bonds. The zero-order valence-electron chi connectivity index (χ0n) is 15.4. The minimum atomic E-state index is -2.76. The quantitative estimate of drug-likeness (QED) is 0.707. The third-order valence-corrected chi connectivity index (χ3v) is 5.39. The van der Waals surface area contributed by atoms with Gasteiger partial charge >= 0.3 is 0 Å². The maximum absolute atomic E-state index is 12.8. The summed E-state index contributed by atoms with van der Waals surface area (Å²) >= 11 is 0. The summed E-state index contributed by atoms with van der Waals surface area (Å²) in [6.07, 6.45) is 0.768. The second-order valence-corrected chi connectivity index (χ2v) is 7.13. The van der Waals surface area contributed by atoms with Crippen LogP contribution in [0.15, 0.2) is 30.6 Å². The normalized spacial score (nSPS) is 22.7. The molecule has 1 N–H and O–H groups in total. The van der Waals surface area contributed by atoms with Gasteiger partial charge in [0, 0.05) is 18.3 Å². The maximum atomic E-state index is 12.8. The van der Waals surface area contributed by atoms with Crippen molar-refractivity contribution in [2.45, 2.75) is 12.3 Å². The van der Waals surface area contributed by atoms with Gasteiger partial charge in [-0.3, -0.25) is 9.20 Å². The summed E-state index contributed by atoms with van der Waals surface area (Å²) in [6, 6.07) is 3.89. The van der Waals surface area contributed by atoms with Crippen molar-refractivity contribution in [3.8, 4) is 5.88 Å². The van der Waals surface area contributed by atoms with Gasteiger partial charge in [-0.05, 0) is 24.0 Å². The number of halogens is 2. The van der Waals surface area contributed by atoms with Crippen LogP contribution in [-0.4, -0.2) is 45.6 Å². The molecule has 0 bridgehead atoms. The Morgan fingerprint density at radius 1 is 1.24 bits per heavy atom. The predicted molar refractivity (Wildman–Crippen MR) is 97.2 cm³/mol. The molecule has 4 heterocycles. The van der Waals surface area contributed by atoms with Crippen LogP contribution in [0.3, 0.4) is 0 Å². The van der Waals surface area contributed by atoms with E-state index in [1.807, 2.05) is 6.20 Å². The molecule has 150 valence electrons. The van der Waals surface area contributed by atoms with E-state index in [-0.39, 0.29) is 17.3 Å². The van der Waals surface area contributed by atoms with Crippen molar-refractivity contribution >= 4 is 17.4 Å². The lowest BCUT2D eigenvalue weighted by molar-refractivity contribution is 0.101. The van der Waals surface area contributed by atoms with E-state index in [0.29, 0.717) is 23.5 Å². The predicted octanol–water partition coefficient (Wildman–Crippen LogP) is 2.68. The minimum Gasteiger partial charge on any atom is -0.479 e. The molecule has 0 spiro atoms. The van der Waals surface area contributed by atoms with E-state index in [1.165, 1.54) is 25.3 Å². The zero-order chi connectivity index (χ0) is 20.1. The third kappa shape index (κ3) is 3.09. The number of anilines is 1. The zero-order valence-corrected chi connectivity index (χ0v) is 15.4. The van der Waals surface area contributed by atoms with E-state index in [4.69, 9.17) is 9.47 Å². The number of nitrogens with zero attached hydrogens (tertiary/aromatic N) is 4. The fraction of sp³-hybridized carbons (Fsp3) is 0.368. The molecule has 29 heavy (non-hydrogen) atoms. The Balaban J connectivity index is 1.43. The van der Waals surface area contributed by atoms with Crippen LogP contribution >= 0.6 is 0 Å². The number of amides is 1. The van der Waals surface area contributed by atoms with Crippen molar-refractivity contribution in [1.29, 1.82) is 0 Å². The molecule has 1 saturated carbocycles. The average Bonchev–Trinajstić information content (AvgIpc) is 3.06. The van der Waals surface area contributed by atoms with Gasteiger partial charge in [0.05, 0.1) is 26.0 Å². The van der Waals surface area contributed by atoms with Crippen LogP contribution in [0.5, 0.6) is 5.88 Å². The number of hydrogen-bond donors (Lipinski definition) is 1. The molecule has 2 atom stereocenters. The first-order valence-electron chi connectivity index (χ1n) is 9.13. The first-order chi connectivity index (χ1) is 14.0. The Labute approximate surface area is 163 Å². The summed E-state index contributed by atoms with van der Waals surface area (Å²) in [6.45, 7) is 1.51. The van der Waals surface area contributed by atoms with Crippen LogP contribution in [0.2, 0.25) is 0 Å². The van der Waals surface area contributed by atoms with Crippen LogP contribution in [-0.2, 0) is 4.74 Å². The Hall–Kier alpha value is -3.14. The van der Waals surface area contributed by atoms with Gasteiger partial charge in [-0.15, -0.1) is 0 Å². The highest BCUT2D eigenvalue weighted by Gasteiger charge is 2.55. The first-order valence-corrected chi connectivity index (χ1v) is 9.13. The molecular weight excluding hydrogens is 384 g/mol. The van der Waals surface area contributed by atoms with E-state index in [1.54, 1.807) is 10.6 Å². The van der Waals surface area contributed by atoms with Gasteiger partial charge in [0.2, 0.25) is 11.7 Å². The number of carbonyl (C=O) groups excluding carboxylic acids is 1. The van der Waals surface area contributed by atoms with Gasteiger partial charge in [-0.1, -0.05) is 6.07 Å². The SMILES string of the molecule is COc1nc2nc(C3C4COCC43)cn2cc1NC(=O)c1cccc(C(F)F)n1. The first kappa shape index (κ1) is 17.9. The van der Waals surface area contributed by atoms with Gasteiger partial charge in [-0.25, -0.2) is 18.7 Å². The Morgan fingerprint density at radius 3 is 2.76 bits per heavy atom. The molecular formula is C19H17F2N5O3. The Morgan fingerprint density at radius 2 is 2.03 bits per heavy atom. The van der Waals surface area contributed by atoms with Crippen LogP contribution in [0.4, 0.5) is 14.5 Å². The van der Waals surface area contributed by atoms with Crippen molar-refractivity contribution in [3.63, 3.8) is 0 Å². The van der Waals surface area contributed by atoms with Crippen molar-refractivity contribution in [3.05, 3.63) is 47.7 Å². The minimum absolute atomic E-state index is 0.123. The number of hydrogen-bond acceptors (Lipinski definition) is 6. The van der Waals surface area contributed by atoms with Gasteiger partial charge in [0.25, 0.3) is 12.3 Å². The van der Waals surface area contributed by atoms with Gasteiger partial charge < -0.3 is 14.8 Å². The molecule has 8 nitrogen and oxygen atoms in total. The monoisotopic (exact) mass is 401 g/mol. The van der Waals surface area contributed by atoms with E-state index >= 15 is 0 Å². The number of pyridine rings is 1. The van der Waals surface area contributed by atoms with E-state index < -0.39 is 18.0 Å². The number of aromatic nitrogens is 4. The van der Waals surface area contributed by atoms with Crippen LogP contribution in [0, 0.1) is 11.8 Å². The molecule has 1 aliphatic heterocycles. The number of carbonyl (C=O) groups is 1. The van der Waals surface area contributed by atoms with Crippen LogP contribution in [0.25, 0.3) is 5.78 Å².